The Kier molecular flexibility index (Phi) is 4.98. The molecule has 1 amide bonds. The second-order valence-corrected chi connectivity index (χ2v) is 7.25. The third-order valence-corrected chi connectivity index (χ3v) is 4.95. The number of imidazole rings is 1. The van der Waals surface area contributed by atoms with E-state index in [2.05, 4.69) is 36.7 Å². The van der Waals surface area contributed by atoms with Crippen LogP contribution in [0.1, 0.15) is 16.1 Å². The zero-order chi connectivity index (χ0) is 21.5. The molecule has 0 bridgehead atoms. The number of hydrogen-bond donors (Lipinski definition) is 2. The fourth-order valence-electron chi connectivity index (χ4n) is 2.88. The molecule has 0 unspecified atom stereocenters. The van der Waals surface area contributed by atoms with Crippen LogP contribution in [0.3, 0.4) is 0 Å². The van der Waals surface area contributed by atoms with Gasteiger partial charge in [0.1, 0.15) is 11.5 Å². The minimum Gasteiger partial charge on any atom is -0.296 e. The third-order valence-electron chi connectivity index (χ3n) is 4.49. The molecule has 3 aromatic rings. The molecule has 1 aliphatic rings. The highest BCUT2D eigenvalue weighted by Crippen LogP contribution is 2.31. The maximum atomic E-state index is 12.9. The van der Waals surface area contributed by atoms with Crippen LogP contribution in [0.15, 0.2) is 65.4 Å². The first-order chi connectivity index (χ1) is 14.2. The molecule has 154 valence electrons. The van der Waals surface area contributed by atoms with Crippen molar-refractivity contribution in [2.75, 3.05) is 7.05 Å². The van der Waals surface area contributed by atoms with Crippen molar-refractivity contribution >= 4 is 27.5 Å². The lowest BCUT2D eigenvalue weighted by Gasteiger charge is -2.24. The summed E-state index contributed by atoms with van der Waals surface area (Å²) in [5.74, 6) is 0.134. The summed E-state index contributed by atoms with van der Waals surface area (Å²) in [6.07, 6.45) is 3.51. The minimum atomic E-state index is -4.41. The van der Waals surface area contributed by atoms with Crippen LogP contribution >= 0.6 is 15.9 Å². The van der Waals surface area contributed by atoms with E-state index in [0.717, 1.165) is 12.1 Å². The van der Waals surface area contributed by atoms with Gasteiger partial charge in [0.15, 0.2) is 5.65 Å². The highest BCUT2D eigenvalue weighted by Gasteiger charge is 2.30. The number of carbonyl (C=O) groups excluding carboxylic acids is 1. The predicted molar refractivity (Wildman–Crippen MR) is 107 cm³/mol. The maximum absolute atomic E-state index is 12.9. The van der Waals surface area contributed by atoms with Gasteiger partial charge in [-0.05, 0) is 40.2 Å². The SMILES string of the molecule is CN(C(=O)c1cn2c(-c3ccc(C(F)(F)F)cc3)cnc2cn1)C1=CC=C(Br)NN1. The molecular weight excluding hydrogens is 465 g/mol. The number of benzene rings is 1. The van der Waals surface area contributed by atoms with Crippen molar-refractivity contribution in [3.8, 4) is 11.3 Å². The van der Waals surface area contributed by atoms with Gasteiger partial charge in [-0.1, -0.05) is 12.1 Å². The van der Waals surface area contributed by atoms with E-state index in [0.29, 0.717) is 27.3 Å². The van der Waals surface area contributed by atoms with E-state index in [1.807, 2.05) is 0 Å². The van der Waals surface area contributed by atoms with Crippen LogP contribution in [0.25, 0.3) is 16.9 Å². The van der Waals surface area contributed by atoms with Gasteiger partial charge < -0.3 is 0 Å². The van der Waals surface area contributed by atoms with E-state index in [1.165, 1.54) is 35.6 Å². The van der Waals surface area contributed by atoms with Crippen molar-refractivity contribution in [1.82, 2.24) is 30.1 Å². The number of amides is 1. The quantitative estimate of drug-likeness (QED) is 0.561. The largest absolute Gasteiger partial charge is 0.416 e. The Morgan fingerprint density at radius 2 is 1.83 bits per heavy atom. The molecule has 30 heavy (non-hydrogen) atoms. The van der Waals surface area contributed by atoms with Crippen molar-refractivity contribution in [1.29, 1.82) is 0 Å². The van der Waals surface area contributed by atoms with Crippen molar-refractivity contribution in [2.45, 2.75) is 6.18 Å². The lowest BCUT2D eigenvalue weighted by molar-refractivity contribution is -0.137. The molecule has 1 aromatic carbocycles. The molecule has 11 heteroatoms. The number of rotatable bonds is 3. The normalized spacial score (nSPS) is 13.9. The molecule has 0 fully saturated rings. The van der Waals surface area contributed by atoms with E-state index in [4.69, 9.17) is 0 Å². The number of allylic oxidation sites excluding steroid dienone is 2. The number of hydrazine groups is 1. The van der Waals surface area contributed by atoms with E-state index in [1.54, 1.807) is 23.6 Å². The summed E-state index contributed by atoms with van der Waals surface area (Å²) in [7, 11) is 1.59. The first kappa shape index (κ1) is 20.0. The standard InChI is InChI=1S/C19H14BrF3N6O/c1-28(16-7-6-15(20)26-27-16)18(30)13-10-29-14(8-25-17(29)9-24-13)11-2-4-12(5-3-11)19(21,22)23/h2-10,26-27H,1H3. The molecule has 0 radical (unpaired) electrons. The van der Waals surface area contributed by atoms with E-state index >= 15 is 0 Å². The van der Waals surface area contributed by atoms with Crippen LogP contribution in [0.2, 0.25) is 0 Å². The van der Waals surface area contributed by atoms with Gasteiger partial charge in [-0.3, -0.25) is 24.9 Å². The van der Waals surface area contributed by atoms with Gasteiger partial charge in [0.05, 0.1) is 28.3 Å². The Balaban J connectivity index is 1.67. The van der Waals surface area contributed by atoms with Gasteiger partial charge in [0.2, 0.25) is 0 Å². The summed E-state index contributed by atoms with van der Waals surface area (Å²) in [6, 6.07) is 4.76. The van der Waals surface area contributed by atoms with Gasteiger partial charge in [0, 0.05) is 18.8 Å². The molecule has 4 rings (SSSR count). The summed E-state index contributed by atoms with van der Waals surface area (Å²) < 4.78 is 40.8. The van der Waals surface area contributed by atoms with Crippen molar-refractivity contribution < 1.29 is 18.0 Å². The van der Waals surface area contributed by atoms with E-state index < -0.39 is 11.7 Å². The van der Waals surface area contributed by atoms with Crippen LogP contribution in [0, 0.1) is 0 Å². The molecule has 0 aliphatic carbocycles. The first-order valence-electron chi connectivity index (χ1n) is 8.62. The van der Waals surface area contributed by atoms with Crippen molar-refractivity contribution in [3.05, 3.63) is 76.7 Å². The summed E-state index contributed by atoms with van der Waals surface area (Å²) in [5, 5.41) is 0. The Bertz CT molecular complexity index is 1180. The summed E-state index contributed by atoms with van der Waals surface area (Å²) >= 11 is 3.27. The lowest BCUT2D eigenvalue weighted by Crippen LogP contribution is -2.41. The monoisotopic (exact) mass is 478 g/mol. The molecule has 0 saturated carbocycles. The minimum absolute atomic E-state index is 0.146. The molecule has 0 spiro atoms. The molecule has 0 atom stereocenters. The number of carbonyl (C=O) groups is 1. The molecule has 1 aliphatic heterocycles. The third kappa shape index (κ3) is 3.75. The number of nitrogens with one attached hydrogen (secondary N) is 2. The molecule has 7 nitrogen and oxygen atoms in total. The van der Waals surface area contributed by atoms with Gasteiger partial charge in [0.25, 0.3) is 5.91 Å². The average molecular weight is 479 g/mol. The maximum Gasteiger partial charge on any atom is 0.416 e. The van der Waals surface area contributed by atoms with Gasteiger partial charge in [-0.2, -0.15) is 13.2 Å². The number of nitrogens with zero attached hydrogens (tertiary/aromatic N) is 4. The summed E-state index contributed by atoms with van der Waals surface area (Å²) in [5.41, 5.74) is 6.66. The Hall–Kier alpha value is -3.34. The fourth-order valence-corrected chi connectivity index (χ4v) is 3.11. The first-order valence-corrected chi connectivity index (χ1v) is 9.41. The van der Waals surface area contributed by atoms with Gasteiger partial charge in [-0.15, -0.1) is 0 Å². The Morgan fingerprint density at radius 1 is 1.10 bits per heavy atom. The number of fused-ring (bicyclic) bond motifs is 1. The molecule has 2 N–H and O–H groups in total. The zero-order valence-electron chi connectivity index (χ0n) is 15.4. The molecule has 0 saturated heterocycles. The zero-order valence-corrected chi connectivity index (χ0v) is 17.0. The average Bonchev–Trinajstić information content (AvgIpc) is 3.16. The Labute approximate surface area is 177 Å². The van der Waals surface area contributed by atoms with Crippen LogP contribution in [0.5, 0.6) is 0 Å². The summed E-state index contributed by atoms with van der Waals surface area (Å²) in [4.78, 5) is 22.6. The van der Waals surface area contributed by atoms with Crippen molar-refractivity contribution in [3.63, 3.8) is 0 Å². The second kappa shape index (κ2) is 7.48. The number of halogens is 4. The van der Waals surface area contributed by atoms with Crippen LogP contribution in [0.4, 0.5) is 13.2 Å². The van der Waals surface area contributed by atoms with Gasteiger partial charge >= 0.3 is 6.18 Å². The predicted octanol–water partition coefficient (Wildman–Crippen LogP) is 3.67. The van der Waals surface area contributed by atoms with Crippen LogP contribution in [-0.4, -0.2) is 32.2 Å². The van der Waals surface area contributed by atoms with Gasteiger partial charge in [-0.25, -0.2) is 9.97 Å². The smallest absolute Gasteiger partial charge is 0.296 e. The number of alkyl halides is 3. The molecular formula is C19H14BrF3N6O. The second-order valence-electron chi connectivity index (χ2n) is 6.40. The highest BCUT2D eigenvalue weighted by molar-refractivity contribution is 9.11. The van der Waals surface area contributed by atoms with Crippen LogP contribution in [-0.2, 0) is 6.18 Å². The Morgan fingerprint density at radius 3 is 2.47 bits per heavy atom. The highest BCUT2D eigenvalue weighted by atomic mass is 79.9. The molecule has 2 aromatic heterocycles. The lowest BCUT2D eigenvalue weighted by atomic mass is 10.1. The van der Waals surface area contributed by atoms with Crippen molar-refractivity contribution in [2.24, 2.45) is 0 Å². The number of hydrogen-bond acceptors (Lipinski definition) is 5. The fraction of sp³-hybridized carbons (Fsp3) is 0.105. The van der Waals surface area contributed by atoms with Crippen LogP contribution < -0.4 is 10.9 Å². The summed E-state index contributed by atoms with van der Waals surface area (Å²) in [6.45, 7) is 0. The van der Waals surface area contributed by atoms with E-state index in [9.17, 15) is 18.0 Å². The number of aromatic nitrogens is 3. The topological polar surface area (TPSA) is 74.6 Å². The van der Waals surface area contributed by atoms with E-state index in [-0.39, 0.29) is 11.6 Å². The molecule has 3 heterocycles.